The molecule has 106 valence electrons. The average Bonchev–Trinajstić information content (AvgIpc) is 2.37. The number of ether oxygens (including phenoxy) is 1. The molecule has 2 atom stereocenters. The molecule has 2 nitrogen and oxygen atoms in total. The summed E-state index contributed by atoms with van der Waals surface area (Å²) in [7, 11) is 0. The standard InChI is InChI=1S/C16H30O2/c1-3-5-7-9-11-13-15-14(16(17)18-15)12-10-8-6-4-2/h14-15H,3-13H2,1-2H3/t14?,15-/m0/s1. The lowest BCUT2D eigenvalue weighted by Crippen LogP contribution is -2.44. The van der Waals surface area contributed by atoms with Crippen molar-refractivity contribution in [1.82, 2.24) is 0 Å². The Morgan fingerprint density at radius 2 is 1.39 bits per heavy atom. The van der Waals surface area contributed by atoms with Crippen molar-refractivity contribution in [3.63, 3.8) is 0 Å². The first-order valence-corrected chi connectivity index (χ1v) is 8.00. The van der Waals surface area contributed by atoms with Gasteiger partial charge < -0.3 is 4.74 Å². The predicted molar refractivity (Wildman–Crippen MR) is 75.5 cm³/mol. The van der Waals surface area contributed by atoms with Gasteiger partial charge in [0.1, 0.15) is 6.10 Å². The second kappa shape index (κ2) is 9.41. The van der Waals surface area contributed by atoms with Crippen molar-refractivity contribution in [2.24, 2.45) is 5.92 Å². The molecule has 0 N–H and O–H groups in total. The Bertz CT molecular complexity index is 225. The molecule has 1 aliphatic heterocycles. The third-order valence-electron chi connectivity index (χ3n) is 3.98. The lowest BCUT2D eigenvalue weighted by molar-refractivity contribution is -0.186. The molecule has 0 amide bonds. The molecule has 0 spiro atoms. The van der Waals surface area contributed by atoms with E-state index in [1.165, 1.54) is 57.8 Å². The maximum absolute atomic E-state index is 11.4. The highest BCUT2D eigenvalue weighted by atomic mass is 16.6. The second-order valence-electron chi connectivity index (χ2n) is 5.63. The lowest BCUT2D eigenvalue weighted by atomic mass is 9.87. The molecule has 0 aromatic rings. The zero-order valence-corrected chi connectivity index (χ0v) is 12.2. The van der Waals surface area contributed by atoms with E-state index in [1.54, 1.807) is 0 Å². The van der Waals surface area contributed by atoms with Crippen LogP contribution in [0.25, 0.3) is 0 Å². The number of carbonyl (C=O) groups is 1. The van der Waals surface area contributed by atoms with Gasteiger partial charge in [-0.25, -0.2) is 0 Å². The molecule has 1 rings (SSSR count). The molecule has 0 aliphatic carbocycles. The van der Waals surface area contributed by atoms with Crippen molar-refractivity contribution in [1.29, 1.82) is 0 Å². The Hall–Kier alpha value is -0.530. The summed E-state index contributed by atoms with van der Waals surface area (Å²) in [4.78, 5) is 11.4. The van der Waals surface area contributed by atoms with Gasteiger partial charge in [-0.2, -0.15) is 0 Å². The van der Waals surface area contributed by atoms with Crippen LogP contribution in [0.15, 0.2) is 0 Å². The summed E-state index contributed by atoms with van der Waals surface area (Å²) in [5.74, 6) is 0.290. The Kier molecular flexibility index (Phi) is 8.11. The summed E-state index contributed by atoms with van der Waals surface area (Å²) in [6.45, 7) is 4.46. The first-order chi connectivity index (χ1) is 8.79. The lowest BCUT2D eigenvalue weighted by Gasteiger charge is -2.35. The highest BCUT2D eigenvalue weighted by Gasteiger charge is 2.40. The normalized spacial score (nSPS) is 22.7. The van der Waals surface area contributed by atoms with Crippen molar-refractivity contribution in [3.8, 4) is 0 Å². The number of hydrogen-bond donors (Lipinski definition) is 0. The van der Waals surface area contributed by atoms with E-state index in [4.69, 9.17) is 4.74 Å². The van der Waals surface area contributed by atoms with Crippen LogP contribution in [-0.4, -0.2) is 12.1 Å². The number of hydrogen-bond acceptors (Lipinski definition) is 2. The molecule has 0 bridgehead atoms. The van der Waals surface area contributed by atoms with E-state index in [1.807, 2.05) is 0 Å². The van der Waals surface area contributed by atoms with Crippen LogP contribution in [0.3, 0.4) is 0 Å². The van der Waals surface area contributed by atoms with Crippen molar-refractivity contribution in [3.05, 3.63) is 0 Å². The quantitative estimate of drug-likeness (QED) is 0.389. The van der Waals surface area contributed by atoms with Crippen molar-refractivity contribution in [2.45, 2.75) is 90.6 Å². The molecular formula is C16H30O2. The van der Waals surface area contributed by atoms with Gasteiger partial charge in [-0.15, -0.1) is 0 Å². The number of unbranched alkanes of at least 4 members (excludes halogenated alkanes) is 7. The minimum Gasteiger partial charge on any atom is -0.461 e. The Morgan fingerprint density at radius 3 is 2.00 bits per heavy atom. The Morgan fingerprint density at radius 1 is 0.833 bits per heavy atom. The van der Waals surface area contributed by atoms with E-state index in [2.05, 4.69) is 13.8 Å². The smallest absolute Gasteiger partial charge is 0.313 e. The van der Waals surface area contributed by atoms with E-state index in [0.717, 1.165) is 12.8 Å². The van der Waals surface area contributed by atoms with Gasteiger partial charge in [0.25, 0.3) is 0 Å². The second-order valence-corrected chi connectivity index (χ2v) is 5.63. The van der Waals surface area contributed by atoms with E-state index in [9.17, 15) is 4.79 Å². The van der Waals surface area contributed by atoms with Crippen LogP contribution in [0.2, 0.25) is 0 Å². The van der Waals surface area contributed by atoms with E-state index >= 15 is 0 Å². The molecule has 0 radical (unpaired) electrons. The van der Waals surface area contributed by atoms with Gasteiger partial charge in [0.05, 0.1) is 5.92 Å². The van der Waals surface area contributed by atoms with E-state index in [0.29, 0.717) is 0 Å². The van der Waals surface area contributed by atoms with Crippen LogP contribution in [-0.2, 0) is 9.53 Å². The van der Waals surface area contributed by atoms with Crippen LogP contribution in [0.5, 0.6) is 0 Å². The highest BCUT2D eigenvalue weighted by molar-refractivity contribution is 5.78. The van der Waals surface area contributed by atoms with Gasteiger partial charge in [-0.1, -0.05) is 65.2 Å². The van der Waals surface area contributed by atoms with Crippen LogP contribution >= 0.6 is 0 Å². The SMILES string of the molecule is CCCCCCC[C@@H]1OC(=O)C1CCCCCC. The third-order valence-corrected chi connectivity index (χ3v) is 3.98. The van der Waals surface area contributed by atoms with Crippen LogP contribution < -0.4 is 0 Å². The first kappa shape index (κ1) is 15.5. The van der Waals surface area contributed by atoms with Gasteiger partial charge in [-0.05, 0) is 19.3 Å². The average molecular weight is 254 g/mol. The monoisotopic (exact) mass is 254 g/mol. The fourth-order valence-electron chi connectivity index (χ4n) is 2.70. The number of rotatable bonds is 11. The van der Waals surface area contributed by atoms with Gasteiger partial charge in [0.15, 0.2) is 0 Å². The number of carbonyl (C=O) groups excluding carboxylic acids is 1. The zero-order chi connectivity index (χ0) is 13.2. The molecule has 2 heteroatoms. The Balaban J connectivity index is 2.04. The Labute approximate surface area is 112 Å². The van der Waals surface area contributed by atoms with Crippen LogP contribution in [0.4, 0.5) is 0 Å². The van der Waals surface area contributed by atoms with Crippen LogP contribution in [0.1, 0.15) is 84.5 Å². The predicted octanol–water partition coefficient (Wildman–Crippen LogP) is 4.86. The van der Waals surface area contributed by atoms with Crippen molar-refractivity contribution in [2.75, 3.05) is 0 Å². The largest absolute Gasteiger partial charge is 0.461 e. The summed E-state index contributed by atoms with van der Waals surface area (Å²) in [5.41, 5.74) is 0. The maximum atomic E-state index is 11.4. The molecule has 0 saturated carbocycles. The highest BCUT2D eigenvalue weighted by Crippen LogP contribution is 2.31. The third kappa shape index (κ3) is 5.41. The molecule has 0 aromatic heterocycles. The minimum atomic E-state index is 0.0602. The summed E-state index contributed by atoms with van der Waals surface area (Å²) < 4.78 is 5.28. The molecule has 1 aliphatic rings. The maximum Gasteiger partial charge on any atom is 0.313 e. The van der Waals surface area contributed by atoms with E-state index < -0.39 is 0 Å². The summed E-state index contributed by atoms with van der Waals surface area (Å²) >= 11 is 0. The molecule has 0 aromatic carbocycles. The van der Waals surface area contributed by atoms with Crippen LogP contribution in [0, 0.1) is 5.92 Å². The van der Waals surface area contributed by atoms with Gasteiger partial charge in [0.2, 0.25) is 0 Å². The molecule has 1 unspecified atom stereocenters. The zero-order valence-electron chi connectivity index (χ0n) is 12.2. The molecule has 18 heavy (non-hydrogen) atoms. The number of cyclic esters (lactones) is 1. The van der Waals surface area contributed by atoms with E-state index in [-0.39, 0.29) is 18.0 Å². The van der Waals surface area contributed by atoms with Gasteiger partial charge in [0, 0.05) is 0 Å². The fourth-order valence-corrected chi connectivity index (χ4v) is 2.70. The first-order valence-electron chi connectivity index (χ1n) is 8.00. The van der Waals surface area contributed by atoms with Gasteiger partial charge in [-0.3, -0.25) is 4.79 Å². The molecule has 1 fully saturated rings. The van der Waals surface area contributed by atoms with Gasteiger partial charge >= 0.3 is 5.97 Å². The minimum absolute atomic E-state index is 0.0602. The number of esters is 1. The molecular weight excluding hydrogens is 224 g/mol. The van der Waals surface area contributed by atoms with Crippen molar-refractivity contribution < 1.29 is 9.53 Å². The van der Waals surface area contributed by atoms with Crippen molar-refractivity contribution >= 4 is 5.97 Å². The summed E-state index contributed by atoms with van der Waals surface area (Å²) in [6.07, 6.45) is 13.9. The molecule has 1 heterocycles. The topological polar surface area (TPSA) is 26.3 Å². The fraction of sp³-hybridized carbons (Fsp3) is 0.938. The molecule has 1 saturated heterocycles. The summed E-state index contributed by atoms with van der Waals surface area (Å²) in [6, 6.07) is 0. The summed E-state index contributed by atoms with van der Waals surface area (Å²) in [5, 5.41) is 0.